The summed E-state index contributed by atoms with van der Waals surface area (Å²) < 4.78 is 6.91. The third-order valence-corrected chi connectivity index (χ3v) is 4.89. The number of carboxylic acids is 1. The molecule has 1 aromatic carbocycles. The maximum atomic E-state index is 11.5. The number of hydrogen-bond acceptors (Lipinski definition) is 3. The number of nitrogens with zero attached hydrogens (tertiary/aromatic N) is 1. The molecule has 3 rings (SSSR count). The van der Waals surface area contributed by atoms with E-state index in [-0.39, 0.29) is 12.0 Å². The van der Waals surface area contributed by atoms with Gasteiger partial charge in [-0.05, 0) is 43.5 Å². The van der Waals surface area contributed by atoms with Gasteiger partial charge in [-0.15, -0.1) is 0 Å². The molecule has 3 atom stereocenters. The van der Waals surface area contributed by atoms with Gasteiger partial charge in [0.25, 0.3) is 0 Å². The summed E-state index contributed by atoms with van der Waals surface area (Å²) in [5.74, 6) is 0.248. The van der Waals surface area contributed by atoms with E-state index in [0.717, 1.165) is 34.2 Å². The van der Waals surface area contributed by atoms with Gasteiger partial charge >= 0.3 is 5.97 Å². The lowest BCUT2D eigenvalue weighted by atomic mass is 10.0. The molecule has 0 amide bonds. The average Bonchev–Trinajstić information content (AvgIpc) is 3.00. The van der Waals surface area contributed by atoms with E-state index in [1.807, 2.05) is 43.0 Å². The van der Waals surface area contributed by atoms with Crippen LogP contribution < -0.4 is 0 Å². The van der Waals surface area contributed by atoms with Crippen LogP contribution in [0.4, 0.5) is 0 Å². The van der Waals surface area contributed by atoms with Crippen LogP contribution in [0.2, 0.25) is 0 Å². The molecule has 1 aromatic heterocycles. The summed E-state index contributed by atoms with van der Waals surface area (Å²) >= 11 is 3.45. The fraction of sp³-hybridized carbons (Fsp3) is 0.438. The number of hydrogen-bond donors (Lipinski definition) is 1. The van der Waals surface area contributed by atoms with Gasteiger partial charge in [0.05, 0.1) is 6.04 Å². The largest absolute Gasteiger partial charge is 0.480 e. The summed E-state index contributed by atoms with van der Waals surface area (Å²) in [7, 11) is 0. The van der Waals surface area contributed by atoms with Crippen molar-refractivity contribution in [2.75, 3.05) is 6.54 Å². The molecule has 0 radical (unpaired) electrons. The molecule has 1 fully saturated rings. The number of halogens is 1. The molecule has 0 spiro atoms. The zero-order valence-electron chi connectivity index (χ0n) is 12.0. The average molecular weight is 352 g/mol. The van der Waals surface area contributed by atoms with Crippen molar-refractivity contribution < 1.29 is 14.3 Å². The zero-order chi connectivity index (χ0) is 15.1. The van der Waals surface area contributed by atoms with Crippen molar-refractivity contribution in [3.05, 3.63) is 34.5 Å². The molecule has 112 valence electrons. The maximum absolute atomic E-state index is 11.5. The second-order valence-corrected chi connectivity index (χ2v) is 6.71. The van der Waals surface area contributed by atoms with Crippen LogP contribution in [0, 0.1) is 5.92 Å². The number of rotatable bonds is 3. The first-order chi connectivity index (χ1) is 9.97. The fourth-order valence-corrected chi connectivity index (χ4v) is 3.58. The summed E-state index contributed by atoms with van der Waals surface area (Å²) in [6.45, 7) is 4.81. The Morgan fingerprint density at radius 3 is 2.95 bits per heavy atom. The van der Waals surface area contributed by atoms with E-state index in [9.17, 15) is 9.90 Å². The second-order valence-electron chi connectivity index (χ2n) is 5.79. The summed E-state index contributed by atoms with van der Waals surface area (Å²) in [6.07, 6.45) is 0.910. The van der Waals surface area contributed by atoms with Crippen molar-refractivity contribution in [2.45, 2.75) is 32.4 Å². The smallest absolute Gasteiger partial charge is 0.321 e. The van der Waals surface area contributed by atoms with Crippen LogP contribution >= 0.6 is 15.9 Å². The molecule has 2 aromatic rings. The van der Waals surface area contributed by atoms with E-state index in [4.69, 9.17) is 4.42 Å². The van der Waals surface area contributed by atoms with Gasteiger partial charge in [0.1, 0.15) is 17.4 Å². The molecule has 4 nitrogen and oxygen atoms in total. The van der Waals surface area contributed by atoms with Crippen LogP contribution in [0.1, 0.15) is 32.1 Å². The van der Waals surface area contributed by atoms with E-state index in [2.05, 4.69) is 15.9 Å². The van der Waals surface area contributed by atoms with Gasteiger partial charge in [-0.1, -0.05) is 22.9 Å². The van der Waals surface area contributed by atoms with Crippen molar-refractivity contribution in [3.8, 4) is 0 Å². The second kappa shape index (κ2) is 5.46. The first-order valence-electron chi connectivity index (χ1n) is 7.15. The molecule has 2 heterocycles. The van der Waals surface area contributed by atoms with Crippen LogP contribution in [0.15, 0.2) is 33.2 Å². The van der Waals surface area contributed by atoms with E-state index >= 15 is 0 Å². The van der Waals surface area contributed by atoms with Crippen molar-refractivity contribution in [1.29, 1.82) is 0 Å². The van der Waals surface area contributed by atoms with Crippen LogP contribution in [0.3, 0.4) is 0 Å². The van der Waals surface area contributed by atoms with Gasteiger partial charge in [0.15, 0.2) is 0 Å². The van der Waals surface area contributed by atoms with E-state index in [1.165, 1.54) is 0 Å². The quantitative estimate of drug-likeness (QED) is 0.906. The number of furan rings is 1. The molecule has 0 aliphatic carbocycles. The van der Waals surface area contributed by atoms with Gasteiger partial charge in [0.2, 0.25) is 0 Å². The summed E-state index contributed by atoms with van der Waals surface area (Å²) in [5.41, 5.74) is 0.833. The molecule has 1 saturated heterocycles. The lowest BCUT2D eigenvalue weighted by Gasteiger charge is -2.28. The predicted octanol–water partition coefficient (Wildman–Crippen LogP) is 4.05. The molecule has 0 bridgehead atoms. The van der Waals surface area contributed by atoms with Crippen molar-refractivity contribution >= 4 is 32.9 Å². The topological polar surface area (TPSA) is 53.7 Å². The molecule has 0 saturated carbocycles. The number of likely N-dealkylation sites (tertiary alicyclic amines) is 1. The minimum Gasteiger partial charge on any atom is -0.480 e. The predicted molar refractivity (Wildman–Crippen MR) is 84.2 cm³/mol. The zero-order valence-corrected chi connectivity index (χ0v) is 13.6. The SMILES string of the molecule is CC1CCN(C(C)c2cc3cc(Br)ccc3o2)C1C(=O)O. The molecule has 5 heteroatoms. The Hall–Kier alpha value is -1.33. The molecule has 1 aliphatic heterocycles. The normalized spacial score (nSPS) is 24.5. The highest BCUT2D eigenvalue weighted by Gasteiger charge is 2.40. The Balaban J connectivity index is 1.92. The molecular weight excluding hydrogens is 334 g/mol. The van der Waals surface area contributed by atoms with Crippen LogP contribution in [0.25, 0.3) is 11.0 Å². The molecule has 3 unspecified atom stereocenters. The van der Waals surface area contributed by atoms with Gasteiger partial charge < -0.3 is 9.52 Å². The van der Waals surface area contributed by atoms with E-state index < -0.39 is 12.0 Å². The van der Waals surface area contributed by atoms with Crippen molar-refractivity contribution in [2.24, 2.45) is 5.92 Å². The number of carbonyl (C=O) groups is 1. The lowest BCUT2D eigenvalue weighted by molar-refractivity contribution is -0.144. The Morgan fingerprint density at radius 1 is 1.48 bits per heavy atom. The fourth-order valence-electron chi connectivity index (χ4n) is 3.20. The number of carboxylic acid groups (broad SMARTS) is 1. The summed E-state index contributed by atoms with van der Waals surface area (Å²) in [4.78, 5) is 13.5. The molecule has 1 aliphatic rings. The monoisotopic (exact) mass is 351 g/mol. The summed E-state index contributed by atoms with van der Waals surface area (Å²) in [5, 5.41) is 10.5. The number of aliphatic carboxylic acids is 1. The Bertz CT molecular complexity index is 681. The van der Waals surface area contributed by atoms with Gasteiger partial charge in [-0.2, -0.15) is 0 Å². The number of benzene rings is 1. The molecular formula is C16H18BrNO3. The minimum atomic E-state index is -0.745. The van der Waals surface area contributed by atoms with Crippen LogP contribution in [0.5, 0.6) is 0 Å². The van der Waals surface area contributed by atoms with Crippen LogP contribution in [-0.4, -0.2) is 28.6 Å². The standard InChI is InChI=1S/C16H18BrNO3/c1-9-5-6-18(15(9)16(19)20)10(2)14-8-11-7-12(17)3-4-13(11)21-14/h3-4,7-10,15H,5-6H2,1-2H3,(H,19,20). The molecule has 21 heavy (non-hydrogen) atoms. The summed E-state index contributed by atoms with van der Waals surface area (Å²) in [6, 6.07) is 7.42. The Labute approximate surface area is 131 Å². The third-order valence-electron chi connectivity index (χ3n) is 4.40. The highest BCUT2D eigenvalue weighted by molar-refractivity contribution is 9.10. The highest BCUT2D eigenvalue weighted by atomic mass is 79.9. The van der Waals surface area contributed by atoms with Crippen molar-refractivity contribution in [3.63, 3.8) is 0 Å². The minimum absolute atomic E-state index is 0.0396. The van der Waals surface area contributed by atoms with Crippen LogP contribution in [-0.2, 0) is 4.79 Å². The Morgan fingerprint density at radius 2 is 2.24 bits per heavy atom. The highest BCUT2D eigenvalue weighted by Crippen LogP contribution is 2.35. The van der Waals surface area contributed by atoms with Gasteiger partial charge in [-0.25, -0.2) is 0 Å². The first-order valence-corrected chi connectivity index (χ1v) is 7.94. The van der Waals surface area contributed by atoms with Gasteiger partial charge in [0, 0.05) is 16.4 Å². The van der Waals surface area contributed by atoms with E-state index in [0.29, 0.717) is 0 Å². The first kappa shape index (κ1) is 14.6. The van der Waals surface area contributed by atoms with Gasteiger partial charge in [-0.3, -0.25) is 9.69 Å². The molecule has 1 N–H and O–H groups in total. The van der Waals surface area contributed by atoms with Crippen molar-refractivity contribution in [1.82, 2.24) is 4.90 Å². The lowest BCUT2D eigenvalue weighted by Crippen LogP contribution is -2.40. The number of fused-ring (bicyclic) bond motifs is 1. The van der Waals surface area contributed by atoms with E-state index in [1.54, 1.807) is 0 Å². The maximum Gasteiger partial charge on any atom is 0.321 e. The third kappa shape index (κ3) is 2.60. The Kier molecular flexibility index (Phi) is 3.80.